The molecule has 2 heterocycles. The van der Waals surface area contributed by atoms with E-state index in [4.69, 9.17) is 9.47 Å². The molecular formula is C20H18BrNO4. The fraction of sp³-hybridized carbons (Fsp3) is 0.250. The van der Waals surface area contributed by atoms with Crippen LogP contribution in [0, 0.1) is 0 Å². The molecule has 0 radical (unpaired) electrons. The van der Waals surface area contributed by atoms with Gasteiger partial charge in [0.25, 0.3) is 0 Å². The van der Waals surface area contributed by atoms with Crippen molar-refractivity contribution in [1.82, 2.24) is 4.90 Å². The minimum atomic E-state index is -0.164. The van der Waals surface area contributed by atoms with Crippen LogP contribution in [-0.2, 0) is 11.3 Å². The molecule has 0 unspecified atom stereocenters. The summed E-state index contributed by atoms with van der Waals surface area (Å²) in [6.07, 6.45) is 1.72. The van der Waals surface area contributed by atoms with Crippen molar-refractivity contribution in [2.75, 3.05) is 26.3 Å². The highest BCUT2D eigenvalue weighted by Crippen LogP contribution is 2.40. The van der Waals surface area contributed by atoms with Crippen molar-refractivity contribution in [1.29, 1.82) is 0 Å². The summed E-state index contributed by atoms with van der Waals surface area (Å²) in [5, 5.41) is 10.3. The summed E-state index contributed by atoms with van der Waals surface area (Å²) in [5.74, 6) is 0.713. The third-order valence-electron chi connectivity index (χ3n) is 4.55. The summed E-state index contributed by atoms with van der Waals surface area (Å²) in [6, 6.07) is 10.8. The number of morpholine rings is 1. The summed E-state index contributed by atoms with van der Waals surface area (Å²) in [4.78, 5) is 14.9. The second-order valence-corrected chi connectivity index (χ2v) is 7.24. The lowest BCUT2D eigenvalue weighted by atomic mass is 10.0. The second kappa shape index (κ2) is 7.23. The number of hydrogen-bond acceptors (Lipinski definition) is 5. The van der Waals surface area contributed by atoms with Crippen molar-refractivity contribution in [2.24, 2.45) is 0 Å². The number of hydrogen-bond donors (Lipinski definition) is 1. The highest BCUT2D eigenvalue weighted by Gasteiger charge is 2.31. The summed E-state index contributed by atoms with van der Waals surface area (Å²) < 4.78 is 12.2. The molecule has 0 spiro atoms. The number of allylic oxidation sites excluding steroid dienone is 1. The van der Waals surface area contributed by atoms with Gasteiger partial charge in [-0.3, -0.25) is 9.69 Å². The molecule has 1 fully saturated rings. The highest BCUT2D eigenvalue weighted by atomic mass is 79.9. The number of Topliss-reactive ketones (excluding diaryl/α,β-unsaturated/α-hetero) is 1. The van der Waals surface area contributed by atoms with Crippen molar-refractivity contribution in [2.45, 2.75) is 6.54 Å². The molecule has 0 aliphatic carbocycles. The van der Waals surface area contributed by atoms with E-state index >= 15 is 0 Å². The maximum Gasteiger partial charge on any atom is 0.231 e. The van der Waals surface area contributed by atoms with E-state index in [0.717, 1.165) is 23.1 Å². The largest absolute Gasteiger partial charge is 0.507 e. The molecule has 0 saturated carbocycles. The Morgan fingerprint density at radius 3 is 2.77 bits per heavy atom. The molecule has 2 aliphatic rings. The number of nitrogens with zero attached hydrogens (tertiary/aromatic N) is 1. The molecule has 5 nitrogen and oxygen atoms in total. The molecule has 6 heteroatoms. The van der Waals surface area contributed by atoms with Crippen LogP contribution in [0.25, 0.3) is 6.08 Å². The Kier molecular flexibility index (Phi) is 4.80. The number of benzene rings is 2. The first-order valence-corrected chi connectivity index (χ1v) is 9.26. The molecule has 2 aromatic carbocycles. The molecule has 0 amide bonds. The number of aromatic hydroxyl groups is 1. The number of carbonyl (C=O) groups excluding carboxylic acids is 1. The SMILES string of the molecule is O=C1C(=Cc2cccc(Br)c2)Oc2c1ccc(O)c2CN1CCOCC1. The number of ketones is 1. The third kappa shape index (κ3) is 3.40. The third-order valence-corrected chi connectivity index (χ3v) is 5.04. The van der Waals surface area contributed by atoms with Gasteiger partial charge in [-0.05, 0) is 35.9 Å². The van der Waals surface area contributed by atoms with Gasteiger partial charge in [-0.1, -0.05) is 28.1 Å². The lowest BCUT2D eigenvalue weighted by molar-refractivity contribution is 0.0336. The normalized spacial score (nSPS) is 18.8. The van der Waals surface area contributed by atoms with Crippen molar-refractivity contribution in [3.63, 3.8) is 0 Å². The van der Waals surface area contributed by atoms with Gasteiger partial charge in [-0.2, -0.15) is 0 Å². The van der Waals surface area contributed by atoms with Gasteiger partial charge in [0.15, 0.2) is 5.76 Å². The van der Waals surface area contributed by atoms with Crippen LogP contribution in [0.1, 0.15) is 21.5 Å². The van der Waals surface area contributed by atoms with Gasteiger partial charge in [0.2, 0.25) is 5.78 Å². The van der Waals surface area contributed by atoms with Crippen molar-refractivity contribution >= 4 is 27.8 Å². The Balaban J connectivity index is 1.66. The molecule has 0 bridgehead atoms. The molecular weight excluding hydrogens is 398 g/mol. The van der Waals surface area contributed by atoms with Gasteiger partial charge >= 0.3 is 0 Å². The van der Waals surface area contributed by atoms with Gasteiger partial charge in [-0.25, -0.2) is 0 Å². The smallest absolute Gasteiger partial charge is 0.231 e. The zero-order valence-corrected chi connectivity index (χ0v) is 15.7. The standard InChI is InChI=1S/C20H18BrNO4/c21-14-3-1-2-13(10-14)11-18-19(24)15-4-5-17(23)16(20(15)26-18)12-22-6-8-25-9-7-22/h1-5,10-11,23H,6-9,12H2. The maximum absolute atomic E-state index is 12.7. The van der Waals surface area contributed by atoms with Gasteiger partial charge in [-0.15, -0.1) is 0 Å². The first-order chi connectivity index (χ1) is 12.6. The maximum atomic E-state index is 12.7. The summed E-state index contributed by atoms with van der Waals surface area (Å²) in [5.41, 5.74) is 2.01. The lowest BCUT2D eigenvalue weighted by Crippen LogP contribution is -2.35. The fourth-order valence-electron chi connectivity index (χ4n) is 3.18. The van der Waals surface area contributed by atoms with Gasteiger partial charge < -0.3 is 14.6 Å². The first kappa shape index (κ1) is 17.3. The molecule has 2 aromatic rings. The minimum absolute atomic E-state index is 0.145. The van der Waals surface area contributed by atoms with Gasteiger partial charge in [0.1, 0.15) is 11.5 Å². The van der Waals surface area contributed by atoms with Crippen molar-refractivity contribution in [3.8, 4) is 11.5 Å². The Morgan fingerprint density at radius 1 is 1.19 bits per heavy atom. The molecule has 1 N–H and O–H groups in total. The highest BCUT2D eigenvalue weighted by molar-refractivity contribution is 9.10. The van der Waals surface area contributed by atoms with E-state index in [2.05, 4.69) is 20.8 Å². The predicted molar refractivity (Wildman–Crippen MR) is 101 cm³/mol. The molecule has 4 rings (SSSR count). The van der Waals surface area contributed by atoms with Crippen LogP contribution in [0.4, 0.5) is 0 Å². The first-order valence-electron chi connectivity index (χ1n) is 8.46. The van der Waals surface area contributed by atoms with Crippen molar-refractivity contribution < 1.29 is 19.4 Å². The van der Waals surface area contributed by atoms with E-state index < -0.39 is 0 Å². The van der Waals surface area contributed by atoms with E-state index in [1.165, 1.54) is 0 Å². The average molecular weight is 416 g/mol. The van der Waals surface area contributed by atoms with Crippen LogP contribution in [-0.4, -0.2) is 42.1 Å². The van der Waals surface area contributed by atoms with Crippen LogP contribution in [0.15, 0.2) is 46.6 Å². The molecule has 0 atom stereocenters. The Labute approximate surface area is 160 Å². The average Bonchev–Trinajstić information content (AvgIpc) is 2.95. The second-order valence-electron chi connectivity index (χ2n) is 6.32. The van der Waals surface area contributed by atoms with Crippen LogP contribution in [0.2, 0.25) is 0 Å². The number of fused-ring (bicyclic) bond motifs is 1. The molecule has 2 aliphatic heterocycles. The Morgan fingerprint density at radius 2 is 2.00 bits per heavy atom. The quantitative estimate of drug-likeness (QED) is 0.775. The van der Waals surface area contributed by atoms with Crippen LogP contribution in [0.3, 0.4) is 0 Å². The Bertz CT molecular complexity index is 887. The number of ether oxygens (including phenoxy) is 2. The molecule has 26 heavy (non-hydrogen) atoms. The zero-order valence-electron chi connectivity index (χ0n) is 14.1. The van der Waals surface area contributed by atoms with Crippen molar-refractivity contribution in [3.05, 3.63) is 63.3 Å². The predicted octanol–water partition coefficient (Wildman–Crippen LogP) is 3.60. The number of phenols is 1. The Hall–Kier alpha value is -2.15. The zero-order chi connectivity index (χ0) is 18.1. The number of phenolic OH excluding ortho intramolecular Hbond substituents is 1. The van der Waals surface area contributed by atoms with E-state index in [-0.39, 0.29) is 17.3 Å². The molecule has 134 valence electrons. The summed E-state index contributed by atoms with van der Waals surface area (Å²) in [7, 11) is 0. The van der Waals surface area contributed by atoms with Crippen LogP contribution < -0.4 is 4.74 Å². The molecule has 1 saturated heterocycles. The van der Waals surface area contributed by atoms with E-state index in [1.54, 1.807) is 18.2 Å². The van der Waals surface area contributed by atoms with E-state index in [0.29, 0.717) is 36.6 Å². The van der Waals surface area contributed by atoms with Gasteiger partial charge in [0.05, 0.1) is 24.3 Å². The molecule has 0 aromatic heterocycles. The van der Waals surface area contributed by atoms with E-state index in [9.17, 15) is 9.90 Å². The number of halogens is 1. The van der Waals surface area contributed by atoms with Gasteiger partial charge in [0, 0.05) is 24.1 Å². The monoisotopic (exact) mass is 415 g/mol. The summed E-state index contributed by atoms with van der Waals surface area (Å²) >= 11 is 3.43. The van der Waals surface area contributed by atoms with Crippen LogP contribution in [0.5, 0.6) is 11.5 Å². The number of carbonyl (C=O) groups is 1. The fourth-order valence-corrected chi connectivity index (χ4v) is 3.60. The number of rotatable bonds is 3. The van der Waals surface area contributed by atoms with E-state index in [1.807, 2.05) is 24.3 Å². The lowest BCUT2D eigenvalue weighted by Gasteiger charge is -2.27. The van der Waals surface area contributed by atoms with Crippen LogP contribution >= 0.6 is 15.9 Å². The summed E-state index contributed by atoms with van der Waals surface area (Å²) in [6.45, 7) is 3.44. The topological polar surface area (TPSA) is 59.0 Å². The minimum Gasteiger partial charge on any atom is -0.507 e.